The number of hydrogen-bond donors (Lipinski definition) is 2. The minimum Gasteiger partial charge on any atom is -0.458 e. The van der Waals surface area contributed by atoms with Gasteiger partial charge in [-0.05, 0) is 55.5 Å². The van der Waals surface area contributed by atoms with Crippen LogP contribution in [0.1, 0.15) is 45.2 Å². The fourth-order valence-corrected chi connectivity index (χ4v) is 6.96. The number of nitrogens with one attached hydrogen (secondary N) is 2. The van der Waals surface area contributed by atoms with Crippen molar-refractivity contribution in [3.8, 4) is 0 Å². The Bertz CT molecular complexity index is 1370. The van der Waals surface area contributed by atoms with Crippen molar-refractivity contribution >= 4 is 35.1 Å². The Morgan fingerprint density at radius 2 is 1.82 bits per heavy atom. The minimum atomic E-state index is -0.850. The van der Waals surface area contributed by atoms with Crippen molar-refractivity contribution in [1.82, 2.24) is 20.4 Å². The number of amides is 3. The number of piperazine rings is 1. The number of carbonyl (C=O) groups is 3. The van der Waals surface area contributed by atoms with Crippen molar-refractivity contribution in [2.24, 2.45) is 5.92 Å². The first-order valence-electron chi connectivity index (χ1n) is 13.8. The van der Waals surface area contributed by atoms with Gasteiger partial charge in [0.05, 0.1) is 12.0 Å². The molecule has 9 heteroatoms. The SMILES string of the molecule is CCNC(=O)N1C(C=Cc2ccccc2)C(C(=O)c2ccc(C)o2)C(c2sccc2C)C1C(=O)N1CCNCC1. The third kappa shape index (κ3) is 5.48. The van der Waals surface area contributed by atoms with Crippen LogP contribution in [0.3, 0.4) is 0 Å². The fraction of sp³-hybridized carbons (Fsp3) is 0.387. The summed E-state index contributed by atoms with van der Waals surface area (Å²) in [6.45, 7) is 8.53. The standard InChI is InChI=1S/C31H36N4O4S/c1-4-33-31(38)35-23(12-11-22-8-6-5-7-9-22)25(28(36)24-13-10-21(3)39-24)26(29-20(2)14-19-40-29)27(35)30(37)34-17-15-32-16-18-34/h5-14,19,23,25-27,32H,4,15-18H2,1-3H3,(H,33,38). The molecular weight excluding hydrogens is 524 g/mol. The van der Waals surface area contributed by atoms with Crippen LogP contribution in [0, 0.1) is 19.8 Å². The van der Waals surface area contributed by atoms with Gasteiger partial charge in [-0.15, -0.1) is 11.3 Å². The van der Waals surface area contributed by atoms with E-state index >= 15 is 0 Å². The van der Waals surface area contributed by atoms with Gasteiger partial charge in [0.2, 0.25) is 11.7 Å². The van der Waals surface area contributed by atoms with E-state index in [1.807, 2.05) is 72.7 Å². The van der Waals surface area contributed by atoms with Gasteiger partial charge in [-0.25, -0.2) is 4.79 Å². The molecule has 210 valence electrons. The molecule has 2 fully saturated rings. The van der Waals surface area contributed by atoms with E-state index in [2.05, 4.69) is 10.6 Å². The number of Topliss-reactive ketones (excluding diaryl/α,β-unsaturated/α-hetero) is 1. The highest BCUT2D eigenvalue weighted by Crippen LogP contribution is 2.48. The molecule has 5 rings (SSSR count). The van der Waals surface area contributed by atoms with Crippen LogP contribution in [0.5, 0.6) is 0 Å². The predicted octanol–water partition coefficient (Wildman–Crippen LogP) is 4.47. The zero-order valence-corrected chi connectivity index (χ0v) is 23.9. The van der Waals surface area contributed by atoms with Crippen LogP contribution < -0.4 is 10.6 Å². The van der Waals surface area contributed by atoms with Gasteiger partial charge >= 0.3 is 6.03 Å². The number of likely N-dealkylation sites (tertiary alicyclic amines) is 1. The highest BCUT2D eigenvalue weighted by molar-refractivity contribution is 7.10. The van der Waals surface area contributed by atoms with E-state index in [4.69, 9.17) is 4.42 Å². The lowest BCUT2D eigenvalue weighted by Crippen LogP contribution is -2.57. The maximum absolute atomic E-state index is 14.4. The average molecular weight is 561 g/mol. The van der Waals surface area contributed by atoms with Gasteiger partial charge in [0, 0.05) is 43.5 Å². The monoisotopic (exact) mass is 560 g/mol. The van der Waals surface area contributed by atoms with Crippen LogP contribution in [0.25, 0.3) is 6.08 Å². The van der Waals surface area contributed by atoms with Gasteiger partial charge in [0.25, 0.3) is 0 Å². The summed E-state index contributed by atoms with van der Waals surface area (Å²) >= 11 is 1.53. The lowest BCUT2D eigenvalue weighted by atomic mass is 9.80. The quantitative estimate of drug-likeness (QED) is 0.416. The Hall–Kier alpha value is -3.69. The van der Waals surface area contributed by atoms with Crippen LogP contribution in [0.2, 0.25) is 0 Å². The van der Waals surface area contributed by atoms with Gasteiger partial charge in [0.15, 0.2) is 5.76 Å². The van der Waals surface area contributed by atoms with Crippen molar-refractivity contribution in [2.75, 3.05) is 32.7 Å². The molecular formula is C31H36N4O4S. The van der Waals surface area contributed by atoms with Crippen molar-refractivity contribution in [3.05, 3.63) is 87.5 Å². The maximum atomic E-state index is 14.4. The zero-order valence-electron chi connectivity index (χ0n) is 23.1. The van der Waals surface area contributed by atoms with E-state index in [9.17, 15) is 14.4 Å². The largest absolute Gasteiger partial charge is 0.458 e. The Kier molecular flexibility index (Phi) is 8.52. The van der Waals surface area contributed by atoms with E-state index in [-0.39, 0.29) is 23.5 Å². The summed E-state index contributed by atoms with van der Waals surface area (Å²) in [6.07, 6.45) is 3.84. The molecule has 8 nitrogen and oxygen atoms in total. The van der Waals surface area contributed by atoms with Gasteiger partial charge in [-0.2, -0.15) is 0 Å². The number of urea groups is 1. The Morgan fingerprint density at radius 3 is 2.45 bits per heavy atom. The smallest absolute Gasteiger partial charge is 0.318 e. The number of hydrogen-bond acceptors (Lipinski definition) is 6. The lowest BCUT2D eigenvalue weighted by Gasteiger charge is -2.35. The van der Waals surface area contributed by atoms with Gasteiger partial charge in [-0.3, -0.25) is 9.59 Å². The topological polar surface area (TPSA) is 94.9 Å². The van der Waals surface area contributed by atoms with Gasteiger partial charge in [0.1, 0.15) is 11.8 Å². The minimum absolute atomic E-state index is 0.130. The van der Waals surface area contributed by atoms with E-state index in [0.29, 0.717) is 38.5 Å². The Labute approximate surface area is 239 Å². The molecule has 4 atom stereocenters. The number of ketones is 1. The molecule has 3 amide bonds. The lowest BCUT2D eigenvalue weighted by molar-refractivity contribution is -0.136. The molecule has 40 heavy (non-hydrogen) atoms. The van der Waals surface area contributed by atoms with Crippen molar-refractivity contribution in [2.45, 2.75) is 38.8 Å². The maximum Gasteiger partial charge on any atom is 0.318 e. The summed E-state index contributed by atoms with van der Waals surface area (Å²) < 4.78 is 5.83. The molecule has 2 saturated heterocycles. The molecule has 0 aliphatic carbocycles. The molecule has 0 saturated carbocycles. The van der Waals surface area contributed by atoms with E-state index in [0.717, 1.165) is 16.0 Å². The highest BCUT2D eigenvalue weighted by atomic mass is 32.1. The zero-order chi connectivity index (χ0) is 28.2. The predicted molar refractivity (Wildman–Crippen MR) is 156 cm³/mol. The van der Waals surface area contributed by atoms with Gasteiger partial charge < -0.3 is 24.9 Å². The molecule has 0 spiro atoms. The molecule has 2 aromatic heterocycles. The molecule has 3 aromatic rings. The molecule has 4 unspecified atom stereocenters. The van der Waals surface area contributed by atoms with Gasteiger partial charge in [-0.1, -0.05) is 42.5 Å². The molecule has 0 bridgehead atoms. The second kappa shape index (κ2) is 12.2. The van der Waals surface area contributed by atoms with E-state index in [1.54, 1.807) is 24.0 Å². The molecule has 4 heterocycles. The summed E-state index contributed by atoms with van der Waals surface area (Å²) in [7, 11) is 0. The number of aryl methyl sites for hydroxylation is 2. The summed E-state index contributed by atoms with van der Waals surface area (Å²) in [5, 5.41) is 8.21. The number of carbonyl (C=O) groups excluding carboxylic acids is 3. The first-order chi connectivity index (χ1) is 19.4. The van der Waals surface area contributed by atoms with Crippen molar-refractivity contribution in [3.63, 3.8) is 0 Å². The van der Waals surface area contributed by atoms with E-state index in [1.165, 1.54) is 11.3 Å². The van der Waals surface area contributed by atoms with Crippen LogP contribution in [0.4, 0.5) is 4.79 Å². The third-order valence-electron chi connectivity index (χ3n) is 7.74. The number of nitrogens with zero attached hydrogens (tertiary/aromatic N) is 2. The second-order valence-electron chi connectivity index (χ2n) is 10.3. The number of rotatable bonds is 7. The van der Waals surface area contributed by atoms with E-state index < -0.39 is 23.9 Å². The molecule has 1 aromatic carbocycles. The normalized spacial score (nSPS) is 23.1. The first kappa shape index (κ1) is 27.9. The van der Waals surface area contributed by atoms with Crippen LogP contribution in [0.15, 0.2) is 64.4 Å². The summed E-state index contributed by atoms with van der Waals surface area (Å²) in [5.41, 5.74) is 1.95. The van der Waals surface area contributed by atoms with Crippen LogP contribution in [-0.2, 0) is 4.79 Å². The number of benzene rings is 1. The Morgan fingerprint density at radius 1 is 1.07 bits per heavy atom. The highest BCUT2D eigenvalue weighted by Gasteiger charge is 2.58. The summed E-state index contributed by atoms with van der Waals surface area (Å²) in [5.74, 6) is -0.717. The average Bonchev–Trinajstić information content (AvgIpc) is 3.68. The molecule has 2 aliphatic heterocycles. The number of furan rings is 1. The van der Waals surface area contributed by atoms with Crippen LogP contribution in [-0.4, -0.2) is 72.3 Å². The fourth-order valence-electron chi connectivity index (χ4n) is 5.86. The molecule has 2 aliphatic rings. The second-order valence-corrected chi connectivity index (χ2v) is 11.3. The van der Waals surface area contributed by atoms with Crippen LogP contribution >= 0.6 is 11.3 Å². The van der Waals surface area contributed by atoms with Crippen molar-refractivity contribution < 1.29 is 18.8 Å². The third-order valence-corrected chi connectivity index (χ3v) is 8.86. The summed E-state index contributed by atoms with van der Waals surface area (Å²) in [6, 6.07) is 13.4. The van der Waals surface area contributed by atoms with Crippen molar-refractivity contribution in [1.29, 1.82) is 0 Å². The number of thiophene rings is 1. The Balaban J connectivity index is 1.69. The molecule has 0 radical (unpaired) electrons. The molecule has 2 N–H and O–H groups in total. The summed E-state index contributed by atoms with van der Waals surface area (Å²) in [4.78, 5) is 47.0. The first-order valence-corrected chi connectivity index (χ1v) is 14.7.